The maximum absolute atomic E-state index is 11.5. The molecule has 0 aliphatic heterocycles. The Bertz CT molecular complexity index is 581. The molecule has 9 heteroatoms. The summed E-state index contributed by atoms with van der Waals surface area (Å²) in [5.41, 5.74) is 0.338. The molecule has 0 aliphatic carbocycles. The Balaban J connectivity index is 2.57. The Morgan fingerprint density at radius 1 is 1.40 bits per heavy atom. The molecule has 0 spiro atoms. The number of carboxylic acid groups (broad SMARTS) is 1. The van der Waals surface area contributed by atoms with Crippen LogP contribution in [0, 0.1) is 0 Å². The summed E-state index contributed by atoms with van der Waals surface area (Å²) in [6.45, 7) is 1.59. The molecule has 20 heavy (non-hydrogen) atoms. The largest absolute Gasteiger partial charge is 0.477 e. The van der Waals surface area contributed by atoms with Crippen molar-refractivity contribution in [3.63, 3.8) is 0 Å². The molecule has 0 saturated carbocycles. The summed E-state index contributed by atoms with van der Waals surface area (Å²) >= 11 is 0. The van der Waals surface area contributed by atoms with Crippen LogP contribution in [0.3, 0.4) is 0 Å². The van der Waals surface area contributed by atoms with Crippen molar-refractivity contribution in [1.29, 1.82) is 0 Å². The maximum Gasteiger partial charge on any atom is 0.354 e. The number of ether oxygens (including phenoxy) is 1. The Kier molecular flexibility index (Phi) is 5.59. The topological polar surface area (TPSA) is 123 Å². The third kappa shape index (κ3) is 5.33. The molecule has 0 aliphatic rings. The number of hydrogen-bond donors (Lipinski definition) is 2. The molecule has 0 amide bonds. The highest BCUT2D eigenvalue weighted by molar-refractivity contribution is 7.90. The summed E-state index contributed by atoms with van der Waals surface area (Å²) in [7, 11) is -3.80. The number of carbonyl (C=O) groups excluding carboxylic acids is 1. The molecular weight excluding hydrogens is 288 g/mol. The van der Waals surface area contributed by atoms with Gasteiger partial charge in [0, 0.05) is 12.7 Å². The smallest absolute Gasteiger partial charge is 0.354 e. The van der Waals surface area contributed by atoms with Gasteiger partial charge in [0.1, 0.15) is 5.69 Å². The molecule has 0 fully saturated rings. The van der Waals surface area contributed by atoms with E-state index in [9.17, 15) is 18.0 Å². The molecular formula is C11H14N2O6S. The van der Waals surface area contributed by atoms with Crippen LogP contribution in [0.15, 0.2) is 18.3 Å². The molecule has 1 aromatic rings. The van der Waals surface area contributed by atoms with Crippen LogP contribution in [0.25, 0.3) is 0 Å². The average Bonchev–Trinajstić information content (AvgIpc) is 2.36. The van der Waals surface area contributed by atoms with Gasteiger partial charge in [0.05, 0.1) is 6.61 Å². The minimum atomic E-state index is -3.80. The fourth-order valence-corrected chi connectivity index (χ4v) is 2.14. The molecule has 8 nitrogen and oxygen atoms in total. The zero-order valence-electron chi connectivity index (χ0n) is 10.7. The second kappa shape index (κ2) is 6.96. The number of nitrogens with zero attached hydrogens (tertiary/aromatic N) is 1. The summed E-state index contributed by atoms with van der Waals surface area (Å²) in [5.74, 6) is -2.76. The minimum Gasteiger partial charge on any atom is -0.477 e. The average molecular weight is 302 g/mol. The molecule has 0 saturated heterocycles. The van der Waals surface area contributed by atoms with Gasteiger partial charge >= 0.3 is 11.9 Å². The standard InChI is InChI=1S/C11H14N2O6S/c1-2-19-10(14)7-20(17,18)13-6-8-3-4-9(11(15)16)12-5-8/h3-5,13H,2,6-7H2,1H3,(H,15,16). The van der Waals surface area contributed by atoms with Crippen molar-refractivity contribution in [2.75, 3.05) is 12.4 Å². The van der Waals surface area contributed by atoms with Gasteiger partial charge in [-0.3, -0.25) is 4.79 Å². The van der Waals surface area contributed by atoms with Crippen LogP contribution >= 0.6 is 0 Å². The van der Waals surface area contributed by atoms with Gasteiger partial charge in [0.25, 0.3) is 0 Å². The van der Waals surface area contributed by atoms with Crippen LogP contribution in [0.4, 0.5) is 0 Å². The first-order chi connectivity index (χ1) is 9.34. The van der Waals surface area contributed by atoms with Gasteiger partial charge in [-0.05, 0) is 18.6 Å². The van der Waals surface area contributed by atoms with Crippen LogP contribution in [0.1, 0.15) is 23.0 Å². The van der Waals surface area contributed by atoms with E-state index in [0.29, 0.717) is 5.56 Å². The summed E-state index contributed by atoms with van der Waals surface area (Å²) in [4.78, 5) is 25.3. The number of aromatic nitrogens is 1. The van der Waals surface area contributed by atoms with Gasteiger partial charge in [-0.25, -0.2) is 22.9 Å². The van der Waals surface area contributed by atoms with E-state index in [2.05, 4.69) is 14.4 Å². The van der Waals surface area contributed by atoms with Gasteiger partial charge in [0.15, 0.2) is 5.75 Å². The number of rotatable bonds is 7. The second-order valence-corrected chi connectivity index (χ2v) is 5.55. The van der Waals surface area contributed by atoms with E-state index in [0.717, 1.165) is 0 Å². The predicted octanol–water partition coefficient (Wildman–Crippen LogP) is -0.238. The lowest BCUT2D eigenvalue weighted by molar-refractivity contribution is -0.139. The number of sulfonamides is 1. The number of hydrogen-bond acceptors (Lipinski definition) is 6. The normalized spacial score (nSPS) is 11.1. The number of nitrogens with one attached hydrogen (secondary N) is 1. The Hall–Kier alpha value is -2.00. The van der Waals surface area contributed by atoms with Crippen molar-refractivity contribution < 1.29 is 27.9 Å². The van der Waals surface area contributed by atoms with Gasteiger partial charge in [0.2, 0.25) is 10.0 Å². The SMILES string of the molecule is CCOC(=O)CS(=O)(=O)NCc1ccc(C(=O)O)nc1. The molecule has 0 bridgehead atoms. The number of carbonyl (C=O) groups is 2. The lowest BCUT2D eigenvalue weighted by Crippen LogP contribution is -2.30. The van der Waals surface area contributed by atoms with Crippen LogP contribution in [0.2, 0.25) is 0 Å². The van der Waals surface area contributed by atoms with E-state index in [1.54, 1.807) is 6.92 Å². The van der Waals surface area contributed by atoms with Crippen LogP contribution in [-0.4, -0.2) is 42.8 Å². The number of esters is 1. The molecule has 0 unspecified atom stereocenters. The fourth-order valence-electron chi connectivity index (χ4n) is 1.26. The molecule has 1 aromatic heterocycles. The molecule has 110 valence electrons. The fraction of sp³-hybridized carbons (Fsp3) is 0.364. The summed E-state index contributed by atoms with van der Waals surface area (Å²) < 4.78 is 29.8. The Morgan fingerprint density at radius 3 is 2.60 bits per heavy atom. The van der Waals surface area contributed by atoms with Gasteiger partial charge in [-0.1, -0.05) is 6.07 Å². The molecule has 0 aromatic carbocycles. The predicted molar refractivity (Wildman–Crippen MR) is 68.5 cm³/mol. The zero-order valence-corrected chi connectivity index (χ0v) is 11.5. The summed E-state index contributed by atoms with van der Waals surface area (Å²) in [6, 6.07) is 2.70. The first kappa shape index (κ1) is 16.1. The quantitative estimate of drug-likeness (QED) is 0.666. The number of aromatic carboxylic acids is 1. The maximum atomic E-state index is 11.5. The van der Waals surface area contributed by atoms with Crippen molar-refractivity contribution in [3.8, 4) is 0 Å². The van der Waals surface area contributed by atoms with E-state index in [-0.39, 0.29) is 18.8 Å². The number of pyridine rings is 1. The minimum absolute atomic E-state index is 0.0887. The van der Waals surface area contributed by atoms with Gasteiger partial charge in [-0.2, -0.15) is 0 Å². The third-order valence-corrected chi connectivity index (χ3v) is 3.35. The highest BCUT2D eigenvalue weighted by atomic mass is 32.2. The van der Waals surface area contributed by atoms with Crippen LogP contribution < -0.4 is 4.72 Å². The molecule has 1 heterocycles. The van der Waals surface area contributed by atoms with Crippen LogP contribution in [-0.2, 0) is 26.1 Å². The highest BCUT2D eigenvalue weighted by Crippen LogP contribution is 2.01. The zero-order chi connectivity index (χ0) is 15.2. The van der Waals surface area contributed by atoms with Crippen molar-refractivity contribution in [1.82, 2.24) is 9.71 Å². The second-order valence-electron chi connectivity index (χ2n) is 3.74. The molecule has 1 rings (SSSR count). The number of carboxylic acids is 1. The van der Waals surface area contributed by atoms with Crippen molar-refractivity contribution in [2.24, 2.45) is 0 Å². The van der Waals surface area contributed by atoms with E-state index in [4.69, 9.17) is 5.11 Å². The molecule has 2 N–H and O–H groups in total. The van der Waals surface area contributed by atoms with Crippen molar-refractivity contribution in [2.45, 2.75) is 13.5 Å². The first-order valence-corrected chi connectivity index (χ1v) is 7.30. The van der Waals surface area contributed by atoms with Gasteiger partial charge < -0.3 is 9.84 Å². The monoisotopic (exact) mass is 302 g/mol. The van der Waals surface area contributed by atoms with Crippen molar-refractivity contribution >= 4 is 22.0 Å². The first-order valence-electron chi connectivity index (χ1n) is 5.65. The van der Waals surface area contributed by atoms with E-state index in [1.807, 2.05) is 0 Å². The van der Waals surface area contributed by atoms with Crippen LogP contribution in [0.5, 0.6) is 0 Å². The highest BCUT2D eigenvalue weighted by Gasteiger charge is 2.17. The van der Waals surface area contributed by atoms with E-state index < -0.39 is 27.7 Å². The van der Waals surface area contributed by atoms with E-state index in [1.165, 1.54) is 18.3 Å². The lowest BCUT2D eigenvalue weighted by atomic mass is 10.2. The summed E-state index contributed by atoms with van der Waals surface area (Å²) in [5, 5.41) is 8.66. The third-order valence-electron chi connectivity index (χ3n) is 2.15. The Morgan fingerprint density at radius 2 is 2.10 bits per heavy atom. The van der Waals surface area contributed by atoms with Crippen molar-refractivity contribution in [3.05, 3.63) is 29.6 Å². The van der Waals surface area contributed by atoms with E-state index >= 15 is 0 Å². The van der Waals surface area contributed by atoms with Gasteiger partial charge in [-0.15, -0.1) is 0 Å². The summed E-state index contributed by atoms with van der Waals surface area (Å²) in [6.07, 6.45) is 1.25. The molecule has 0 radical (unpaired) electrons. The Labute approximate surface area is 115 Å². The lowest BCUT2D eigenvalue weighted by Gasteiger charge is -2.06. The molecule has 0 atom stereocenters.